The zero-order chi connectivity index (χ0) is 12.4. The van der Waals surface area contributed by atoms with Crippen molar-refractivity contribution in [3.05, 3.63) is 40.4 Å². The Morgan fingerprint density at radius 3 is 2.94 bits per heavy atom. The summed E-state index contributed by atoms with van der Waals surface area (Å²) >= 11 is 4.38. The number of rotatable bonds is 4. The molecule has 0 saturated heterocycles. The van der Waals surface area contributed by atoms with Crippen molar-refractivity contribution in [3.63, 3.8) is 0 Å². The second kappa shape index (κ2) is 4.58. The normalized spacial score (nSPS) is 12.6. The van der Waals surface area contributed by atoms with Gasteiger partial charge in [-0.2, -0.15) is 12.6 Å². The van der Waals surface area contributed by atoms with Crippen LogP contribution in [0.3, 0.4) is 0 Å². The van der Waals surface area contributed by atoms with Crippen LogP contribution in [0.1, 0.15) is 23.8 Å². The van der Waals surface area contributed by atoms with Crippen LogP contribution in [0.4, 0.5) is 5.82 Å². The molecule has 0 aliphatic rings. The number of nitrogens with zero attached hydrogens (tertiary/aromatic N) is 4. The van der Waals surface area contributed by atoms with Crippen LogP contribution in [0.15, 0.2) is 18.6 Å². The second-order valence-electron chi connectivity index (χ2n) is 3.35. The molecule has 2 heterocycles. The molecule has 0 saturated carbocycles. The molecule has 1 atom stereocenters. The molecule has 0 radical (unpaired) electrons. The number of imidazole rings is 2. The summed E-state index contributed by atoms with van der Waals surface area (Å²) in [5, 5.41) is 10.4. The molecular formula is C9H11N5O2S. The van der Waals surface area contributed by atoms with Crippen LogP contribution in [0.25, 0.3) is 0 Å². The molecule has 17 heavy (non-hydrogen) atoms. The fraction of sp³-hybridized carbons (Fsp3) is 0.333. The Balaban J connectivity index is 2.42. The minimum absolute atomic E-state index is 0.0342. The molecule has 0 aliphatic heterocycles. The van der Waals surface area contributed by atoms with E-state index in [9.17, 15) is 10.1 Å². The van der Waals surface area contributed by atoms with Gasteiger partial charge in [-0.1, -0.05) is 0 Å². The minimum Gasteiger partial charge on any atom is -0.358 e. The zero-order valence-electron chi connectivity index (χ0n) is 9.07. The van der Waals surface area contributed by atoms with Crippen molar-refractivity contribution in [2.24, 2.45) is 0 Å². The van der Waals surface area contributed by atoms with Gasteiger partial charge in [-0.25, -0.2) is 14.5 Å². The van der Waals surface area contributed by atoms with E-state index in [0.29, 0.717) is 18.2 Å². The zero-order valence-corrected chi connectivity index (χ0v) is 9.96. The van der Waals surface area contributed by atoms with E-state index in [1.807, 2.05) is 6.92 Å². The maximum Gasteiger partial charge on any atom is 0.342 e. The van der Waals surface area contributed by atoms with Gasteiger partial charge in [-0.05, 0) is 11.8 Å². The van der Waals surface area contributed by atoms with Gasteiger partial charge >= 0.3 is 5.82 Å². The van der Waals surface area contributed by atoms with Crippen molar-refractivity contribution >= 4 is 18.4 Å². The second-order valence-corrected chi connectivity index (χ2v) is 3.87. The number of H-pyrrole nitrogens is 1. The molecule has 0 aromatic carbocycles. The van der Waals surface area contributed by atoms with Crippen LogP contribution < -0.4 is 0 Å². The topological polar surface area (TPSA) is 89.6 Å². The van der Waals surface area contributed by atoms with Gasteiger partial charge in [0.15, 0.2) is 0 Å². The smallest absolute Gasteiger partial charge is 0.342 e. The lowest BCUT2D eigenvalue weighted by Gasteiger charge is -2.06. The highest BCUT2D eigenvalue weighted by molar-refractivity contribution is 7.80. The first-order chi connectivity index (χ1) is 8.15. The number of nitrogens with one attached hydrogen (secondary N) is 1. The summed E-state index contributed by atoms with van der Waals surface area (Å²) in [6, 6.07) is 0. The molecule has 0 amide bonds. The molecule has 90 valence electrons. The van der Waals surface area contributed by atoms with Gasteiger partial charge in [0, 0.05) is 12.4 Å². The first kappa shape index (κ1) is 11.6. The van der Waals surface area contributed by atoms with Gasteiger partial charge in [-0.3, -0.25) is 0 Å². The van der Waals surface area contributed by atoms with Crippen molar-refractivity contribution in [2.45, 2.75) is 18.7 Å². The predicted octanol–water partition coefficient (Wildman–Crippen LogP) is 1.55. The van der Waals surface area contributed by atoms with Crippen molar-refractivity contribution in [3.8, 4) is 0 Å². The van der Waals surface area contributed by atoms with E-state index < -0.39 is 10.2 Å². The largest absolute Gasteiger partial charge is 0.358 e. The third-order valence-electron chi connectivity index (χ3n) is 2.39. The van der Waals surface area contributed by atoms with Gasteiger partial charge < -0.3 is 15.1 Å². The Hall–Kier alpha value is -1.83. The van der Waals surface area contributed by atoms with E-state index in [1.54, 1.807) is 12.4 Å². The molecule has 2 aromatic heterocycles. The molecule has 0 fully saturated rings. The molecule has 0 bridgehead atoms. The molecule has 2 rings (SSSR count). The Bertz CT molecular complexity index is 521. The van der Waals surface area contributed by atoms with Gasteiger partial charge in [0.25, 0.3) is 0 Å². The summed E-state index contributed by atoms with van der Waals surface area (Å²) in [5.41, 5.74) is 0. The summed E-state index contributed by atoms with van der Waals surface area (Å²) in [6.45, 7) is 2.28. The highest BCUT2D eigenvalue weighted by atomic mass is 32.1. The van der Waals surface area contributed by atoms with Crippen LogP contribution in [0, 0.1) is 10.1 Å². The first-order valence-corrected chi connectivity index (χ1v) is 5.54. The minimum atomic E-state index is -0.456. The average molecular weight is 253 g/mol. The number of thiol groups is 1. The van der Waals surface area contributed by atoms with Crippen LogP contribution in [0.5, 0.6) is 0 Å². The number of hydrogen-bond acceptors (Lipinski definition) is 5. The molecule has 0 spiro atoms. The van der Waals surface area contributed by atoms with Gasteiger partial charge in [0.2, 0.25) is 5.82 Å². The van der Waals surface area contributed by atoms with Gasteiger partial charge in [0.05, 0.1) is 6.54 Å². The average Bonchev–Trinajstić information content (AvgIpc) is 2.96. The summed E-state index contributed by atoms with van der Waals surface area (Å²) in [7, 11) is 0. The quantitative estimate of drug-likeness (QED) is 0.491. The van der Waals surface area contributed by atoms with E-state index in [4.69, 9.17) is 0 Å². The molecule has 1 N–H and O–H groups in total. The van der Waals surface area contributed by atoms with Gasteiger partial charge in [0.1, 0.15) is 17.3 Å². The van der Waals surface area contributed by atoms with E-state index in [2.05, 4.69) is 27.6 Å². The van der Waals surface area contributed by atoms with E-state index in [0.717, 1.165) is 0 Å². The summed E-state index contributed by atoms with van der Waals surface area (Å²) in [5.74, 6) is 1.09. The van der Waals surface area contributed by atoms with Crippen LogP contribution in [-0.4, -0.2) is 24.4 Å². The highest BCUT2D eigenvalue weighted by Crippen LogP contribution is 2.27. The maximum atomic E-state index is 10.8. The van der Waals surface area contributed by atoms with E-state index >= 15 is 0 Å². The number of aromatic nitrogens is 4. The Morgan fingerprint density at radius 1 is 1.65 bits per heavy atom. The van der Waals surface area contributed by atoms with Crippen molar-refractivity contribution in [2.75, 3.05) is 0 Å². The SMILES string of the molecule is CCn1c([N+](=O)[O-])cnc1C(S)c1ncc[nH]1. The molecule has 0 aliphatic carbocycles. The van der Waals surface area contributed by atoms with Crippen molar-refractivity contribution < 1.29 is 4.92 Å². The van der Waals surface area contributed by atoms with E-state index in [1.165, 1.54) is 10.8 Å². The third kappa shape index (κ3) is 2.03. The van der Waals surface area contributed by atoms with Crippen LogP contribution in [0.2, 0.25) is 0 Å². The maximum absolute atomic E-state index is 10.8. The third-order valence-corrected chi connectivity index (χ3v) is 2.87. The molecule has 2 aromatic rings. The standard InChI is InChI=1S/C9H11N5O2S/c1-2-13-6(14(15)16)5-12-9(13)7(17)8-10-3-4-11-8/h3-5,7,17H,2H2,1H3,(H,10,11). The summed E-state index contributed by atoms with van der Waals surface area (Å²) < 4.78 is 1.51. The Kier molecular flexibility index (Phi) is 3.14. The summed E-state index contributed by atoms with van der Waals surface area (Å²) in [6.07, 6.45) is 4.52. The van der Waals surface area contributed by atoms with Crippen molar-refractivity contribution in [1.82, 2.24) is 19.5 Å². The fourth-order valence-electron chi connectivity index (χ4n) is 1.62. The van der Waals surface area contributed by atoms with Crippen LogP contribution in [-0.2, 0) is 6.54 Å². The lowest BCUT2D eigenvalue weighted by molar-refractivity contribution is -0.392. The van der Waals surface area contributed by atoms with E-state index in [-0.39, 0.29) is 5.82 Å². The summed E-state index contributed by atoms with van der Waals surface area (Å²) in [4.78, 5) is 21.4. The van der Waals surface area contributed by atoms with Gasteiger partial charge in [-0.15, -0.1) is 0 Å². The Morgan fingerprint density at radius 2 is 2.41 bits per heavy atom. The predicted molar refractivity (Wildman–Crippen MR) is 64.0 cm³/mol. The molecule has 1 unspecified atom stereocenters. The monoisotopic (exact) mass is 253 g/mol. The molecule has 7 nitrogen and oxygen atoms in total. The number of hydrogen-bond donors (Lipinski definition) is 2. The highest BCUT2D eigenvalue weighted by Gasteiger charge is 2.26. The number of nitro groups is 1. The number of aromatic amines is 1. The molecule has 8 heteroatoms. The fourth-order valence-corrected chi connectivity index (χ4v) is 1.97. The molecular weight excluding hydrogens is 242 g/mol. The lowest BCUT2D eigenvalue weighted by Crippen LogP contribution is -2.09. The van der Waals surface area contributed by atoms with Crippen LogP contribution >= 0.6 is 12.6 Å². The Labute approximate surface area is 102 Å². The lowest BCUT2D eigenvalue weighted by atomic mass is 10.3. The van der Waals surface area contributed by atoms with Crippen molar-refractivity contribution in [1.29, 1.82) is 0 Å². The first-order valence-electron chi connectivity index (χ1n) is 5.02.